The monoisotopic (exact) mass is 302 g/mol. The molecule has 0 heterocycles. The van der Waals surface area contributed by atoms with E-state index in [1.165, 1.54) is 0 Å². The number of hydrogen-bond acceptors (Lipinski definition) is 3. The third-order valence-electron chi connectivity index (χ3n) is 4.40. The van der Waals surface area contributed by atoms with Gasteiger partial charge in [-0.1, -0.05) is 48.5 Å². The maximum Gasteiger partial charge on any atom is 0.200 e. The highest BCUT2D eigenvalue weighted by atomic mass is 28.4. The van der Waals surface area contributed by atoms with Crippen LogP contribution in [-0.4, -0.2) is 31.9 Å². The van der Waals surface area contributed by atoms with Gasteiger partial charge in [0.15, 0.2) is 14.1 Å². The number of rotatable bonds is 10. The molecule has 0 bridgehead atoms. The summed E-state index contributed by atoms with van der Waals surface area (Å²) in [5.41, 5.74) is 1.72. The Balaban J connectivity index is 4.47. The molecule has 120 valence electrons. The topological polar surface area (TPSA) is 46.5 Å². The Morgan fingerprint density at radius 2 is 1.50 bits per heavy atom. The highest BCUT2D eigenvalue weighted by Gasteiger charge is 2.44. The molecule has 0 spiro atoms. The Morgan fingerprint density at radius 3 is 1.85 bits per heavy atom. The van der Waals surface area contributed by atoms with Gasteiger partial charge in [0.05, 0.1) is 0 Å². The molecule has 3 nitrogen and oxygen atoms in total. The van der Waals surface area contributed by atoms with Crippen molar-refractivity contribution in [2.45, 2.75) is 90.5 Å². The van der Waals surface area contributed by atoms with Crippen molar-refractivity contribution in [3.63, 3.8) is 0 Å². The first-order valence-electron chi connectivity index (χ1n) is 8.04. The number of Topliss-reactive ketones (excluding diaryl/α,β-unsaturated/α-hetero) is 1. The highest BCUT2D eigenvalue weighted by molar-refractivity contribution is 6.77. The van der Waals surface area contributed by atoms with Crippen LogP contribution in [0.25, 0.3) is 0 Å². The lowest BCUT2D eigenvalue weighted by atomic mass is 10.1. The molecule has 0 aliphatic heterocycles. The Labute approximate surface area is 126 Å². The fraction of sp³-hybridized carbons (Fsp3) is 0.938. The predicted molar refractivity (Wildman–Crippen MR) is 87.5 cm³/mol. The van der Waals surface area contributed by atoms with Crippen molar-refractivity contribution >= 4 is 14.1 Å². The molecule has 1 N–H and O–H groups in total. The third-order valence-corrected chi connectivity index (χ3v) is 10.5. The summed E-state index contributed by atoms with van der Waals surface area (Å²) in [6, 6.07) is 0. The maximum atomic E-state index is 11.3. The number of carbonyl (C=O) groups is 1. The molecule has 0 saturated carbocycles. The normalized spacial score (nSPS) is 14.3. The molecule has 0 aromatic heterocycles. The quantitative estimate of drug-likeness (QED) is 0.483. The Bertz CT molecular complexity index is 266. The number of ketones is 1. The Kier molecular flexibility index (Phi) is 8.87. The van der Waals surface area contributed by atoms with Crippen LogP contribution in [0.5, 0.6) is 0 Å². The molecule has 0 rings (SSSR count). The van der Waals surface area contributed by atoms with Crippen LogP contribution in [0.1, 0.15) is 67.7 Å². The van der Waals surface area contributed by atoms with Gasteiger partial charge in [0.25, 0.3) is 0 Å². The molecular weight excluding hydrogens is 268 g/mol. The van der Waals surface area contributed by atoms with Crippen LogP contribution in [0, 0.1) is 0 Å². The zero-order chi connectivity index (χ0) is 15.9. The standard InChI is InChI=1S/C16H34O3Si/c1-8-15(17)16(18)10-9-11-19-20(12(2)3,13(4)5)14(6)7/h12-14,16,18H,8-11H2,1-7H3. The molecule has 0 aliphatic rings. The lowest BCUT2D eigenvalue weighted by Crippen LogP contribution is -2.48. The van der Waals surface area contributed by atoms with Crippen molar-refractivity contribution in [1.82, 2.24) is 0 Å². The molecule has 0 aromatic rings. The molecule has 4 heteroatoms. The number of hydrogen-bond donors (Lipinski definition) is 1. The van der Waals surface area contributed by atoms with Gasteiger partial charge < -0.3 is 9.53 Å². The zero-order valence-electron chi connectivity index (χ0n) is 14.4. The molecule has 0 aromatic carbocycles. The molecule has 0 aliphatic carbocycles. The van der Waals surface area contributed by atoms with E-state index >= 15 is 0 Å². The average Bonchev–Trinajstić information content (AvgIpc) is 2.35. The van der Waals surface area contributed by atoms with Crippen molar-refractivity contribution in [2.24, 2.45) is 0 Å². The van der Waals surface area contributed by atoms with Crippen LogP contribution in [0.4, 0.5) is 0 Å². The van der Waals surface area contributed by atoms with Gasteiger partial charge in [-0.05, 0) is 29.5 Å². The molecule has 1 atom stereocenters. The lowest BCUT2D eigenvalue weighted by molar-refractivity contribution is -0.127. The van der Waals surface area contributed by atoms with E-state index in [0.717, 1.165) is 6.42 Å². The van der Waals surface area contributed by atoms with Gasteiger partial charge in [0.1, 0.15) is 6.10 Å². The molecule has 0 saturated heterocycles. The van der Waals surface area contributed by atoms with Crippen molar-refractivity contribution < 1.29 is 14.3 Å². The molecule has 0 fully saturated rings. The first-order chi connectivity index (χ1) is 9.20. The number of aliphatic hydroxyl groups is 1. The second kappa shape index (κ2) is 8.95. The van der Waals surface area contributed by atoms with E-state index < -0.39 is 14.4 Å². The van der Waals surface area contributed by atoms with Gasteiger partial charge in [-0.15, -0.1) is 0 Å². The van der Waals surface area contributed by atoms with Crippen LogP contribution < -0.4 is 0 Å². The first kappa shape index (κ1) is 19.8. The SMILES string of the molecule is CCC(=O)C(O)CCCO[Si](C(C)C)(C(C)C)C(C)C. The Hall–Kier alpha value is -0.193. The Morgan fingerprint density at radius 1 is 1.05 bits per heavy atom. The summed E-state index contributed by atoms with van der Waals surface area (Å²) in [6.07, 6.45) is 0.876. The van der Waals surface area contributed by atoms with E-state index in [1.54, 1.807) is 6.92 Å². The molecule has 20 heavy (non-hydrogen) atoms. The van der Waals surface area contributed by atoms with Crippen LogP contribution in [-0.2, 0) is 9.22 Å². The summed E-state index contributed by atoms with van der Waals surface area (Å²) in [7, 11) is -1.80. The second-order valence-electron chi connectivity index (χ2n) is 6.64. The summed E-state index contributed by atoms with van der Waals surface area (Å²) in [5, 5.41) is 9.68. The van der Waals surface area contributed by atoms with E-state index in [2.05, 4.69) is 41.5 Å². The van der Waals surface area contributed by atoms with Crippen molar-refractivity contribution in [2.75, 3.05) is 6.61 Å². The minimum Gasteiger partial charge on any atom is -0.416 e. The first-order valence-corrected chi connectivity index (χ1v) is 10.2. The number of carbonyl (C=O) groups excluding carboxylic acids is 1. The van der Waals surface area contributed by atoms with Gasteiger partial charge in [-0.25, -0.2) is 0 Å². The van der Waals surface area contributed by atoms with Gasteiger partial charge in [0, 0.05) is 13.0 Å². The van der Waals surface area contributed by atoms with Crippen LogP contribution in [0.2, 0.25) is 16.6 Å². The van der Waals surface area contributed by atoms with Crippen molar-refractivity contribution in [3.05, 3.63) is 0 Å². The van der Waals surface area contributed by atoms with E-state index in [-0.39, 0.29) is 5.78 Å². The maximum absolute atomic E-state index is 11.3. The van der Waals surface area contributed by atoms with Gasteiger partial charge >= 0.3 is 0 Å². The third kappa shape index (κ3) is 4.97. The summed E-state index contributed by atoms with van der Waals surface area (Å²) >= 11 is 0. The predicted octanol–water partition coefficient (Wildman–Crippen LogP) is 4.30. The van der Waals surface area contributed by atoms with Crippen LogP contribution in [0.15, 0.2) is 0 Å². The summed E-state index contributed by atoms with van der Waals surface area (Å²) in [5.74, 6) is -0.0647. The molecule has 1 unspecified atom stereocenters. The minimum atomic E-state index is -1.80. The van der Waals surface area contributed by atoms with E-state index in [9.17, 15) is 9.90 Å². The van der Waals surface area contributed by atoms with Crippen LogP contribution >= 0.6 is 0 Å². The summed E-state index contributed by atoms with van der Waals surface area (Å²) in [6.45, 7) is 16.0. The molecule has 0 amide bonds. The van der Waals surface area contributed by atoms with E-state index in [1.807, 2.05) is 0 Å². The van der Waals surface area contributed by atoms with Gasteiger partial charge in [-0.3, -0.25) is 4.79 Å². The van der Waals surface area contributed by atoms with Gasteiger partial charge in [-0.2, -0.15) is 0 Å². The smallest absolute Gasteiger partial charge is 0.200 e. The molecule has 0 radical (unpaired) electrons. The van der Waals surface area contributed by atoms with Crippen molar-refractivity contribution in [1.29, 1.82) is 0 Å². The zero-order valence-corrected chi connectivity index (χ0v) is 15.4. The van der Waals surface area contributed by atoms with E-state index in [0.29, 0.717) is 36.1 Å². The minimum absolute atomic E-state index is 0.0647. The van der Waals surface area contributed by atoms with Gasteiger partial charge in [0.2, 0.25) is 0 Å². The van der Waals surface area contributed by atoms with E-state index in [4.69, 9.17) is 4.43 Å². The average molecular weight is 303 g/mol. The fourth-order valence-corrected chi connectivity index (χ4v) is 8.92. The van der Waals surface area contributed by atoms with Crippen molar-refractivity contribution in [3.8, 4) is 0 Å². The highest BCUT2D eigenvalue weighted by Crippen LogP contribution is 2.42. The second-order valence-corrected chi connectivity index (χ2v) is 12.1. The fourth-order valence-electron chi connectivity index (χ4n) is 3.42. The summed E-state index contributed by atoms with van der Waals surface area (Å²) in [4.78, 5) is 11.3. The summed E-state index contributed by atoms with van der Waals surface area (Å²) < 4.78 is 6.39. The lowest BCUT2D eigenvalue weighted by Gasteiger charge is -2.42. The molecular formula is C16H34O3Si. The van der Waals surface area contributed by atoms with Crippen LogP contribution in [0.3, 0.4) is 0 Å². The number of aliphatic hydroxyl groups excluding tert-OH is 1. The largest absolute Gasteiger partial charge is 0.416 e.